The van der Waals surface area contributed by atoms with E-state index in [2.05, 4.69) is 10.1 Å². The lowest BCUT2D eigenvalue weighted by molar-refractivity contribution is -0.149. The predicted octanol–water partition coefficient (Wildman–Crippen LogP) is -0.116. The van der Waals surface area contributed by atoms with Crippen LogP contribution in [0.4, 0.5) is 0 Å². The van der Waals surface area contributed by atoms with Crippen LogP contribution < -0.4 is 11.1 Å². The van der Waals surface area contributed by atoms with E-state index in [0.29, 0.717) is 13.0 Å². The standard InChI is InChI=1S/C13H22N2O5/c1-20-11(16)6-10(13(18)19)15-12(17)9-5-3-2-4-8(9)7-14/h8-10H,2-7,14H2,1H3,(H,15,17)(H,18,19)/t8?,9?,10-/m0/s1. The molecular weight excluding hydrogens is 264 g/mol. The Morgan fingerprint density at radius 1 is 1.35 bits per heavy atom. The molecule has 1 amide bonds. The summed E-state index contributed by atoms with van der Waals surface area (Å²) in [7, 11) is 1.18. The van der Waals surface area contributed by atoms with Crippen LogP contribution in [-0.4, -0.2) is 42.6 Å². The molecule has 0 bridgehead atoms. The van der Waals surface area contributed by atoms with E-state index in [0.717, 1.165) is 19.3 Å². The summed E-state index contributed by atoms with van der Waals surface area (Å²) < 4.78 is 4.43. The maximum Gasteiger partial charge on any atom is 0.326 e. The number of rotatable bonds is 6. The first-order chi connectivity index (χ1) is 9.49. The maximum absolute atomic E-state index is 12.2. The van der Waals surface area contributed by atoms with Crippen LogP contribution >= 0.6 is 0 Å². The van der Waals surface area contributed by atoms with E-state index in [1.807, 2.05) is 0 Å². The highest BCUT2D eigenvalue weighted by atomic mass is 16.5. The van der Waals surface area contributed by atoms with Crippen molar-refractivity contribution in [3.05, 3.63) is 0 Å². The van der Waals surface area contributed by atoms with Crippen molar-refractivity contribution in [3.8, 4) is 0 Å². The van der Waals surface area contributed by atoms with Crippen molar-refractivity contribution in [1.82, 2.24) is 5.32 Å². The van der Waals surface area contributed by atoms with Gasteiger partial charge in [0.2, 0.25) is 5.91 Å². The Balaban J connectivity index is 2.64. The summed E-state index contributed by atoms with van der Waals surface area (Å²) in [5.41, 5.74) is 5.65. The van der Waals surface area contributed by atoms with Gasteiger partial charge in [-0.05, 0) is 25.3 Å². The molecule has 4 N–H and O–H groups in total. The zero-order valence-electron chi connectivity index (χ0n) is 11.6. The Morgan fingerprint density at radius 2 is 2.00 bits per heavy atom. The lowest BCUT2D eigenvalue weighted by Crippen LogP contribution is -2.47. The summed E-state index contributed by atoms with van der Waals surface area (Å²) >= 11 is 0. The molecule has 20 heavy (non-hydrogen) atoms. The van der Waals surface area contributed by atoms with Gasteiger partial charge in [0.25, 0.3) is 0 Å². The van der Waals surface area contributed by atoms with Crippen molar-refractivity contribution in [1.29, 1.82) is 0 Å². The number of hydrogen-bond acceptors (Lipinski definition) is 5. The molecule has 114 valence electrons. The molecule has 1 fully saturated rings. The minimum absolute atomic E-state index is 0.0799. The lowest BCUT2D eigenvalue weighted by atomic mass is 9.78. The average Bonchev–Trinajstić information content (AvgIpc) is 2.45. The Kier molecular flexibility index (Phi) is 6.44. The summed E-state index contributed by atoms with van der Waals surface area (Å²) in [6.07, 6.45) is 3.18. The molecule has 1 rings (SSSR count). The number of nitrogens with one attached hydrogen (secondary N) is 1. The van der Waals surface area contributed by atoms with Gasteiger partial charge in [-0.15, -0.1) is 0 Å². The monoisotopic (exact) mass is 286 g/mol. The number of methoxy groups -OCH3 is 1. The smallest absolute Gasteiger partial charge is 0.326 e. The fraction of sp³-hybridized carbons (Fsp3) is 0.769. The van der Waals surface area contributed by atoms with Crippen LogP contribution in [0.1, 0.15) is 32.1 Å². The average molecular weight is 286 g/mol. The molecule has 0 heterocycles. The molecule has 0 aromatic carbocycles. The minimum atomic E-state index is -1.25. The van der Waals surface area contributed by atoms with E-state index >= 15 is 0 Å². The number of nitrogens with two attached hydrogens (primary N) is 1. The van der Waals surface area contributed by atoms with Gasteiger partial charge in [0.15, 0.2) is 0 Å². The fourth-order valence-electron chi connectivity index (χ4n) is 2.56. The number of esters is 1. The molecule has 1 saturated carbocycles. The highest BCUT2D eigenvalue weighted by Crippen LogP contribution is 2.29. The van der Waals surface area contributed by atoms with Gasteiger partial charge in [0, 0.05) is 5.92 Å². The third-order valence-corrected chi connectivity index (χ3v) is 3.76. The van der Waals surface area contributed by atoms with Gasteiger partial charge in [-0.1, -0.05) is 12.8 Å². The third-order valence-electron chi connectivity index (χ3n) is 3.76. The minimum Gasteiger partial charge on any atom is -0.480 e. The second-order valence-corrected chi connectivity index (χ2v) is 5.07. The number of carbonyl (C=O) groups is 3. The van der Waals surface area contributed by atoms with E-state index in [4.69, 9.17) is 10.8 Å². The van der Waals surface area contributed by atoms with Crippen LogP contribution in [0, 0.1) is 11.8 Å². The summed E-state index contributed by atoms with van der Waals surface area (Å²) in [6, 6.07) is -1.25. The maximum atomic E-state index is 12.2. The number of carboxylic acids is 1. The molecule has 0 aromatic heterocycles. The second-order valence-electron chi connectivity index (χ2n) is 5.07. The Bertz CT molecular complexity index is 372. The molecule has 0 spiro atoms. The summed E-state index contributed by atoms with van der Waals surface area (Å²) in [6.45, 7) is 0.410. The molecule has 0 aliphatic heterocycles. The van der Waals surface area contributed by atoms with E-state index in [-0.39, 0.29) is 24.2 Å². The van der Waals surface area contributed by atoms with Crippen LogP contribution in [0.2, 0.25) is 0 Å². The van der Waals surface area contributed by atoms with Gasteiger partial charge in [0.05, 0.1) is 13.5 Å². The number of carboxylic acid groups (broad SMARTS) is 1. The van der Waals surface area contributed by atoms with Crippen molar-refractivity contribution in [2.45, 2.75) is 38.1 Å². The topological polar surface area (TPSA) is 119 Å². The van der Waals surface area contributed by atoms with Gasteiger partial charge in [0.1, 0.15) is 6.04 Å². The fourth-order valence-corrected chi connectivity index (χ4v) is 2.56. The number of amides is 1. The van der Waals surface area contributed by atoms with Gasteiger partial charge < -0.3 is 20.9 Å². The van der Waals surface area contributed by atoms with E-state index in [9.17, 15) is 14.4 Å². The third kappa shape index (κ3) is 4.48. The molecule has 2 unspecified atom stereocenters. The van der Waals surface area contributed by atoms with E-state index < -0.39 is 18.0 Å². The largest absolute Gasteiger partial charge is 0.480 e. The van der Waals surface area contributed by atoms with Crippen LogP contribution in [0.15, 0.2) is 0 Å². The van der Waals surface area contributed by atoms with Crippen molar-refractivity contribution in [2.75, 3.05) is 13.7 Å². The van der Waals surface area contributed by atoms with Crippen molar-refractivity contribution in [3.63, 3.8) is 0 Å². The Hall–Kier alpha value is -1.63. The highest BCUT2D eigenvalue weighted by Gasteiger charge is 2.33. The molecular formula is C13H22N2O5. The van der Waals surface area contributed by atoms with Crippen LogP contribution in [0.3, 0.4) is 0 Å². The van der Waals surface area contributed by atoms with Crippen LogP contribution in [-0.2, 0) is 19.1 Å². The first kappa shape index (κ1) is 16.4. The Morgan fingerprint density at radius 3 is 2.55 bits per heavy atom. The first-order valence-corrected chi connectivity index (χ1v) is 6.79. The SMILES string of the molecule is COC(=O)C[C@H](NC(=O)C1CCCCC1CN)C(=O)O. The highest BCUT2D eigenvalue weighted by molar-refractivity contribution is 5.88. The number of carbonyl (C=O) groups excluding carboxylic acids is 2. The van der Waals surface area contributed by atoms with Gasteiger partial charge in [-0.2, -0.15) is 0 Å². The zero-order valence-corrected chi connectivity index (χ0v) is 11.6. The number of aliphatic carboxylic acids is 1. The molecule has 0 aromatic rings. The number of ether oxygens (including phenoxy) is 1. The van der Waals surface area contributed by atoms with Crippen molar-refractivity contribution >= 4 is 17.8 Å². The van der Waals surface area contributed by atoms with E-state index in [1.165, 1.54) is 7.11 Å². The van der Waals surface area contributed by atoms with E-state index in [1.54, 1.807) is 0 Å². The number of hydrogen-bond donors (Lipinski definition) is 3. The molecule has 3 atom stereocenters. The summed E-state index contributed by atoms with van der Waals surface area (Å²) in [5.74, 6) is -2.44. The molecule has 0 radical (unpaired) electrons. The quantitative estimate of drug-likeness (QED) is 0.586. The molecule has 0 saturated heterocycles. The lowest BCUT2D eigenvalue weighted by Gasteiger charge is -2.30. The normalized spacial score (nSPS) is 23.7. The first-order valence-electron chi connectivity index (χ1n) is 6.79. The zero-order chi connectivity index (χ0) is 15.1. The summed E-state index contributed by atoms with van der Waals surface area (Å²) in [4.78, 5) is 34.4. The molecule has 7 nitrogen and oxygen atoms in total. The second kappa shape index (κ2) is 7.84. The van der Waals surface area contributed by atoms with Crippen molar-refractivity contribution < 1.29 is 24.2 Å². The molecule has 1 aliphatic rings. The Labute approximate surface area is 117 Å². The molecule has 1 aliphatic carbocycles. The van der Waals surface area contributed by atoms with Crippen molar-refractivity contribution in [2.24, 2.45) is 17.6 Å². The van der Waals surface area contributed by atoms with Gasteiger partial charge >= 0.3 is 11.9 Å². The predicted molar refractivity (Wildman–Crippen MR) is 70.7 cm³/mol. The van der Waals surface area contributed by atoms with Crippen LogP contribution in [0.5, 0.6) is 0 Å². The van der Waals surface area contributed by atoms with Crippen LogP contribution in [0.25, 0.3) is 0 Å². The van der Waals surface area contributed by atoms with Gasteiger partial charge in [-0.25, -0.2) is 4.79 Å². The molecule has 7 heteroatoms. The van der Waals surface area contributed by atoms with Gasteiger partial charge in [-0.3, -0.25) is 9.59 Å². The summed E-state index contributed by atoms with van der Waals surface area (Å²) in [5, 5.41) is 11.5.